The van der Waals surface area contributed by atoms with Crippen LogP contribution in [0.2, 0.25) is 0 Å². The van der Waals surface area contributed by atoms with E-state index in [-0.39, 0.29) is 17.7 Å². The molecule has 96 valence electrons. The Morgan fingerprint density at radius 3 is 2.76 bits per heavy atom. The van der Waals surface area contributed by atoms with Gasteiger partial charge in [0, 0.05) is 25.7 Å². The van der Waals surface area contributed by atoms with Gasteiger partial charge in [0.25, 0.3) is 0 Å². The number of carboxylic acids is 1. The number of carbonyl (C=O) groups is 1. The molecule has 0 aliphatic rings. The van der Waals surface area contributed by atoms with Crippen LogP contribution in [0.1, 0.15) is 19.8 Å². The number of aromatic nitrogens is 2. The first-order valence-corrected chi connectivity index (χ1v) is 6.52. The molecule has 0 spiro atoms. The fourth-order valence-corrected chi connectivity index (χ4v) is 2.53. The molecule has 1 rings (SSSR count). The summed E-state index contributed by atoms with van der Waals surface area (Å²) in [6.45, 7) is 1.62. The van der Waals surface area contributed by atoms with Crippen molar-refractivity contribution in [1.29, 1.82) is 0 Å². The van der Waals surface area contributed by atoms with Gasteiger partial charge in [0.05, 0.1) is 6.20 Å². The number of nitrogens with zero attached hydrogens (tertiary/aromatic N) is 2. The van der Waals surface area contributed by atoms with Crippen LogP contribution in [0.25, 0.3) is 0 Å². The molecule has 0 fully saturated rings. The average molecular weight is 261 g/mol. The molecule has 17 heavy (non-hydrogen) atoms. The van der Waals surface area contributed by atoms with E-state index in [1.54, 1.807) is 14.0 Å². The Balaban J connectivity index is 2.64. The normalized spacial score (nSPS) is 13.5. The SMILES string of the molecule is CC(CCC(=O)O)NS(=O)(=O)c1cnn(C)c1. The molecule has 1 aromatic rings. The maximum absolute atomic E-state index is 11.8. The molecular formula is C9H15N3O4S. The third-order valence-corrected chi connectivity index (χ3v) is 3.68. The molecule has 1 heterocycles. The topological polar surface area (TPSA) is 101 Å². The van der Waals surface area contributed by atoms with Crippen molar-refractivity contribution in [3.63, 3.8) is 0 Å². The number of hydrogen-bond acceptors (Lipinski definition) is 4. The van der Waals surface area contributed by atoms with Crippen LogP contribution in [0.3, 0.4) is 0 Å². The lowest BCUT2D eigenvalue weighted by Crippen LogP contribution is -2.32. The van der Waals surface area contributed by atoms with Gasteiger partial charge in [-0.1, -0.05) is 0 Å². The van der Waals surface area contributed by atoms with Crippen molar-refractivity contribution in [2.45, 2.75) is 30.7 Å². The molecule has 0 bridgehead atoms. The predicted molar refractivity (Wildman–Crippen MR) is 59.9 cm³/mol. The van der Waals surface area contributed by atoms with Crippen molar-refractivity contribution in [3.05, 3.63) is 12.4 Å². The molecule has 0 saturated carbocycles. The summed E-state index contributed by atoms with van der Waals surface area (Å²) in [5.41, 5.74) is 0. The van der Waals surface area contributed by atoms with Gasteiger partial charge in [-0.3, -0.25) is 9.48 Å². The summed E-state index contributed by atoms with van der Waals surface area (Å²) in [5, 5.41) is 12.3. The molecule has 1 atom stereocenters. The van der Waals surface area contributed by atoms with Crippen molar-refractivity contribution in [2.24, 2.45) is 7.05 Å². The second-order valence-corrected chi connectivity index (χ2v) is 5.52. The summed E-state index contributed by atoms with van der Waals surface area (Å²) < 4.78 is 27.4. The maximum Gasteiger partial charge on any atom is 0.303 e. The van der Waals surface area contributed by atoms with Gasteiger partial charge in [-0.05, 0) is 13.3 Å². The second-order valence-electron chi connectivity index (χ2n) is 3.80. The van der Waals surface area contributed by atoms with E-state index in [2.05, 4.69) is 9.82 Å². The fourth-order valence-electron chi connectivity index (χ4n) is 1.27. The van der Waals surface area contributed by atoms with Crippen LogP contribution in [0, 0.1) is 0 Å². The molecule has 0 radical (unpaired) electrons. The van der Waals surface area contributed by atoms with Gasteiger partial charge in [0.2, 0.25) is 10.0 Å². The van der Waals surface area contributed by atoms with Gasteiger partial charge < -0.3 is 5.11 Å². The van der Waals surface area contributed by atoms with Crippen molar-refractivity contribution >= 4 is 16.0 Å². The van der Waals surface area contributed by atoms with Crippen molar-refractivity contribution in [3.8, 4) is 0 Å². The minimum atomic E-state index is -3.61. The van der Waals surface area contributed by atoms with Gasteiger partial charge >= 0.3 is 5.97 Å². The number of aryl methyl sites for hydroxylation is 1. The number of aliphatic carboxylic acids is 1. The highest BCUT2D eigenvalue weighted by molar-refractivity contribution is 7.89. The Morgan fingerprint density at radius 1 is 1.65 bits per heavy atom. The molecular weight excluding hydrogens is 246 g/mol. The van der Waals surface area contributed by atoms with Gasteiger partial charge in [0.1, 0.15) is 4.90 Å². The molecule has 0 aliphatic heterocycles. The summed E-state index contributed by atoms with van der Waals surface area (Å²) in [6.07, 6.45) is 2.80. The van der Waals surface area contributed by atoms with Crippen molar-refractivity contribution in [2.75, 3.05) is 0 Å². The monoisotopic (exact) mass is 261 g/mol. The highest BCUT2D eigenvalue weighted by Gasteiger charge is 2.19. The highest BCUT2D eigenvalue weighted by atomic mass is 32.2. The summed E-state index contributed by atoms with van der Waals surface area (Å²) >= 11 is 0. The number of carboxylic acid groups (broad SMARTS) is 1. The van der Waals surface area contributed by atoms with Gasteiger partial charge in [0.15, 0.2) is 0 Å². The molecule has 0 aliphatic carbocycles. The van der Waals surface area contributed by atoms with Crippen LogP contribution in [0.15, 0.2) is 17.3 Å². The van der Waals surface area contributed by atoms with Crippen LogP contribution < -0.4 is 4.72 Å². The molecule has 1 unspecified atom stereocenters. The first kappa shape index (κ1) is 13.7. The fraction of sp³-hybridized carbons (Fsp3) is 0.556. The number of sulfonamides is 1. The van der Waals surface area contributed by atoms with E-state index in [4.69, 9.17) is 5.11 Å². The lowest BCUT2D eigenvalue weighted by atomic mass is 10.2. The highest BCUT2D eigenvalue weighted by Crippen LogP contribution is 2.08. The Kier molecular flexibility index (Phi) is 4.24. The van der Waals surface area contributed by atoms with E-state index in [0.717, 1.165) is 0 Å². The van der Waals surface area contributed by atoms with E-state index in [9.17, 15) is 13.2 Å². The van der Waals surface area contributed by atoms with Crippen molar-refractivity contribution < 1.29 is 18.3 Å². The molecule has 0 aromatic carbocycles. The van der Waals surface area contributed by atoms with E-state index in [0.29, 0.717) is 0 Å². The Bertz CT molecular complexity index is 494. The van der Waals surface area contributed by atoms with Gasteiger partial charge in [-0.2, -0.15) is 5.10 Å². The van der Waals surface area contributed by atoms with Gasteiger partial charge in [-0.15, -0.1) is 0 Å². The standard InChI is InChI=1S/C9H15N3O4S/c1-7(3-4-9(13)14)11-17(15,16)8-5-10-12(2)6-8/h5-7,11H,3-4H2,1-2H3,(H,13,14). The third kappa shape index (κ3) is 4.16. The Labute approximate surface area is 99.5 Å². The lowest BCUT2D eigenvalue weighted by Gasteiger charge is -2.11. The number of nitrogens with one attached hydrogen (secondary N) is 1. The zero-order valence-corrected chi connectivity index (χ0v) is 10.4. The molecule has 1 aromatic heterocycles. The minimum absolute atomic E-state index is 0.0715. The predicted octanol–water partition coefficient (Wildman–Crippen LogP) is -0.0483. The maximum atomic E-state index is 11.8. The van der Waals surface area contributed by atoms with Crippen LogP contribution in [0.5, 0.6) is 0 Å². The van der Waals surface area contributed by atoms with Crippen molar-refractivity contribution in [1.82, 2.24) is 14.5 Å². The zero-order chi connectivity index (χ0) is 13.1. The van der Waals surface area contributed by atoms with Gasteiger partial charge in [-0.25, -0.2) is 13.1 Å². The quantitative estimate of drug-likeness (QED) is 0.747. The van der Waals surface area contributed by atoms with Crippen LogP contribution in [0.4, 0.5) is 0 Å². The molecule has 7 nitrogen and oxygen atoms in total. The number of rotatable bonds is 6. The zero-order valence-electron chi connectivity index (χ0n) is 9.62. The van der Waals surface area contributed by atoms with Crippen LogP contribution in [-0.4, -0.2) is 35.3 Å². The summed E-state index contributed by atoms with van der Waals surface area (Å²) in [7, 11) is -1.99. The second kappa shape index (κ2) is 5.28. The van der Waals surface area contributed by atoms with E-state index >= 15 is 0 Å². The van der Waals surface area contributed by atoms with Crippen LogP contribution in [-0.2, 0) is 21.9 Å². The summed E-state index contributed by atoms with van der Waals surface area (Å²) in [6, 6.07) is -0.434. The molecule has 8 heteroatoms. The molecule has 0 amide bonds. The Morgan fingerprint density at radius 2 is 2.29 bits per heavy atom. The van der Waals surface area contributed by atoms with E-state index in [1.165, 1.54) is 17.1 Å². The lowest BCUT2D eigenvalue weighted by molar-refractivity contribution is -0.137. The Hall–Kier alpha value is -1.41. The van der Waals surface area contributed by atoms with E-state index in [1.807, 2.05) is 0 Å². The molecule has 0 saturated heterocycles. The first-order valence-electron chi connectivity index (χ1n) is 5.04. The minimum Gasteiger partial charge on any atom is -0.481 e. The smallest absolute Gasteiger partial charge is 0.303 e. The van der Waals surface area contributed by atoms with Crippen LogP contribution >= 0.6 is 0 Å². The summed E-state index contributed by atoms with van der Waals surface area (Å²) in [5.74, 6) is -0.947. The number of hydrogen-bond donors (Lipinski definition) is 2. The summed E-state index contributed by atoms with van der Waals surface area (Å²) in [4.78, 5) is 10.4. The van der Waals surface area contributed by atoms with E-state index < -0.39 is 22.0 Å². The molecule has 2 N–H and O–H groups in total. The largest absolute Gasteiger partial charge is 0.481 e. The first-order chi connectivity index (χ1) is 7.81. The third-order valence-electron chi connectivity index (χ3n) is 2.14. The average Bonchev–Trinajstić information content (AvgIpc) is 2.62.